The van der Waals surface area contributed by atoms with Gasteiger partial charge in [-0.1, -0.05) is 42.5 Å². The van der Waals surface area contributed by atoms with Crippen LogP contribution in [0.1, 0.15) is 53.1 Å². The molecule has 0 aromatic heterocycles. The lowest BCUT2D eigenvalue weighted by Gasteiger charge is -2.39. The summed E-state index contributed by atoms with van der Waals surface area (Å²) in [5.41, 5.74) is 2.30. The summed E-state index contributed by atoms with van der Waals surface area (Å²) in [6, 6.07) is 22.4. The molecular formula is C36H41FN4O5. The number of benzene rings is 3. The molecular weight excluding hydrogens is 587 g/mol. The van der Waals surface area contributed by atoms with Gasteiger partial charge in [0.2, 0.25) is 0 Å². The zero-order valence-electron chi connectivity index (χ0n) is 26.2. The standard InChI is InChI=1S/C36H41FN4O5/c1-3-18-40(36(43)46-25-26-12-14-32(15-13-26)41(44)45)31-16-19-39(20-17-31)24-29-22-33(23-34(29)27-8-5-4-6-9-27)38(2)35(42)28-10-7-11-30(37)21-28/h3-15,21,29,31,33-34H,1,16-20,22-25H2,2H3/t29-,33-,34-/m1/s1. The molecule has 2 amide bonds. The number of carbonyl (C=O) groups excluding carboxylic acids is 2. The number of hydrogen-bond acceptors (Lipinski definition) is 6. The molecule has 3 aromatic rings. The van der Waals surface area contributed by atoms with Crippen molar-refractivity contribution >= 4 is 17.7 Å². The number of nitro benzene ring substituents is 1. The highest BCUT2D eigenvalue weighted by molar-refractivity contribution is 5.94. The molecule has 1 heterocycles. The van der Waals surface area contributed by atoms with E-state index in [9.17, 15) is 24.1 Å². The third-order valence-corrected chi connectivity index (χ3v) is 9.40. The van der Waals surface area contributed by atoms with Crippen LogP contribution in [0.4, 0.5) is 14.9 Å². The molecule has 0 bridgehead atoms. The first kappa shape index (κ1) is 32.8. The van der Waals surface area contributed by atoms with E-state index in [1.165, 1.54) is 29.8 Å². The maximum Gasteiger partial charge on any atom is 0.410 e. The minimum atomic E-state index is -0.463. The molecule has 0 unspecified atom stereocenters. The van der Waals surface area contributed by atoms with Gasteiger partial charge in [0.25, 0.3) is 11.6 Å². The number of nitro groups is 1. The number of amides is 2. The van der Waals surface area contributed by atoms with Gasteiger partial charge in [-0.2, -0.15) is 0 Å². The Labute approximate surface area is 269 Å². The van der Waals surface area contributed by atoms with E-state index < -0.39 is 16.8 Å². The predicted octanol–water partition coefficient (Wildman–Crippen LogP) is 6.66. The Balaban J connectivity index is 1.19. The SMILES string of the molecule is C=CCN(C(=O)OCc1ccc([N+](=O)[O-])cc1)C1CCN(C[C@H]2C[C@@H](N(C)C(=O)c3cccc(F)c3)C[C@@H]2c2ccccc2)CC1. The van der Waals surface area contributed by atoms with Gasteiger partial charge < -0.3 is 19.4 Å². The summed E-state index contributed by atoms with van der Waals surface area (Å²) in [7, 11) is 1.82. The van der Waals surface area contributed by atoms with Crippen LogP contribution < -0.4 is 0 Å². The Kier molecular flexibility index (Phi) is 10.8. The van der Waals surface area contributed by atoms with Gasteiger partial charge in [-0.05, 0) is 79.0 Å². The van der Waals surface area contributed by atoms with Crippen molar-refractivity contribution < 1.29 is 23.6 Å². The summed E-state index contributed by atoms with van der Waals surface area (Å²) in [6.07, 6.45) is 4.57. The van der Waals surface area contributed by atoms with Crippen molar-refractivity contribution in [2.45, 2.75) is 50.3 Å². The summed E-state index contributed by atoms with van der Waals surface area (Å²) >= 11 is 0. The highest BCUT2D eigenvalue weighted by atomic mass is 19.1. The summed E-state index contributed by atoms with van der Waals surface area (Å²) in [6.45, 7) is 6.77. The average molecular weight is 629 g/mol. The van der Waals surface area contributed by atoms with Crippen LogP contribution in [0.5, 0.6) is 0 Å². The highest BCUT2D eigenvalue weighted by Crippen LogP contribution is 2.42. The van der Waals surface area contributed by atoms with Gasteiger partial charge in [-0.15, -0.1) is 6.58 Å². The topological polar surface area (TPSA) is 96.2 Å². The number of hydrogen-bond donors (Lipinski definition) is 0. The smallest absolute Gasteiger partial charge is 0.410 e. The molecule has 0 N–H and O–H groups in total. The van der Waals surface area contributed by atoms with E-state index in [4.69, 9.17) is 4.74 Å². The van der Waals surface area contributed by atoms with Gasteiger partial charge in [-0.25, -0.2) is 9.18 Å². The van der Waals surface area contributed by atoms with Crippen molar-refractivity contribution in [2.24, 2.45) is 5.92 Å². The summed E-state index contributed by atoms with van der Waals surface area (Å²) in [4.78, 5) is 42.8. The second-order valence-electron chi connectivity index (χ2n) is 12.3. The van der Waals surface area contributed by atoms with Crippen LogP contribution in [0.25, 0.3) is 0 Å². The quantitative estimate of drug-likeness (QED) is 0.134. The molecule has 242 valence electrons. The first-order valence-electron chi connectivity index (χ1n) is 15.8. The average Bonchev–Trinajstić information content (AvgIpc) is 3.50. The molecule has 2 aliphatic rings. The molecule has 0 radical (unpaired) electrons. The minimum Gasteiger partial charge on any atom is -0.445 e. The number of halogens is 1. The molecule has 1 saturated heterocycles. The summed E-state index contributed by atoms with van der Waals surface area (Å²) in [5, 5.41) is 10.9. The van der Waals surface area contributed by atoms with E-state index in [1.807, 2.05) is 13.1 Å². The Hall–Kier alpha value is -4.57. The van der Waals surface area contributed by atoms with Crippen molar-refractivity contribution in [1.82, 2.24) is 14.7 Å². The molecule has 5 rings (SSSR count). The van der Waals surface area contributed by atoms with Crippen molar-refractivity contribution in [3.8, 4) is 0 Å². The highest BCUT2D eigenvalue weighted by Gasteiger charge is 2.40. The fourth-order valence-electron chi connectivity index (χ4n) is 6.91. The van der Waals surface area contributed by atoms with E-state index in [0.717, 1.165) is 45.3 Å². The normalized spacial score (nSPS) is 20.2. The second kappa shape index (κ2) is 15.1. The Bertz CT molecular complexity index is 1510. The molecule has 0 spiro atoms. The maximum atomic E-state index is 13.9. The Morgan fingerprint density at radius 2 is 1.74 bits per heavy atom. The van der Waals surface area contributed by atoms with Gasteiger partial charge in [0.15, 0.2) is 0 Å². The van der Waals surface area contributed by atoms with E-state index >= 15 is 0 Å². The lowest BCUT2D eigenvalue weighted by Crippen LogP contribution is -2.48. The Morgan fingerprint density at radius 3 is 2.39 bits per heavy atom. The van der Waals surface area contributed by atoms with Gasteiger partial charge in [0.05, 0.1) is 4.92 Å². The number of nitrogens with zero attached hydrogens (tertiary/aromatic N) is 4. The monoisotopic (exact) mass is 628 g/mol. The molecule has 3 atom stereocenters. The predicted molar refractivity (Wildman–Crippen MR) is 174 cm³/mol. The van der Waals surface area contributed by atoms with Gasteiger partial charge in [0, 0.05) is 63.0 Å². The van der Waals surface area contributed by atoms with Crippen molar-refractivity contribution in [1.29, 1.82) is 0 Å². The van der Waals surface area contributed by atoms with E-state index in [1.54, 1.807) is 40.1 Å². The molecule has 1 saturated carbocycles. The van der Waals surface area contributed by atoms with Gasteiger partial charge in [0.1, 0.15) is 12.4 Å². The van der Waals surface area contributed by atoms with Gasteiger partial charge >= 0.3 is 6.09 Å². The number of carbonyl (C=O) groups is 2. The number of piperidine rings is 1. The van der Waals surface area contributed by atoms with Crippen LogP contribution in [0.15, 0.2) is 91.5 Å². The van der Waals surface area contributed by atoms with Crippen LogP contribution in [0, 0.1) is 21.8 Å². The molecule has 2 fully saturated rings. The van der Waals surface area contributed by atoms with Crippen LogP contribution in [0.3, 0.4) is 0 Å². The van der Waals surface area contributed by atoms with Crippen LogP contribution in [-0.2, 0) is 11.3 Å². The molecule has 9 nitrogen and oxygen atoms in total. The van der Waals surface area contributed by atoms with Crippen LogP contribution in [0.2, 0.25) is 0 Å². The minimum absolute atomic E-state index is 0.00915. The number of rotatable bonds is 11. The fraction of sp³-hybridized carbons (Fsp3) is 0.389. The van der Waals surface area contributed by atoms with Crippen molar-refractivity contribution in [3.63, 3.8) is 0 Å². The van der Waals surface area contributed by atoms with Gasteiger partial charge in [-0.3, -0.25) is 14.9 Å². The van der Waals surface area contributed by atoms with E-state index in [-0.39, 0.29) is 30.3 Å². The molecule has 3 aromatic carbocycles. The lowest BCUT2D eigenvalue weighted by molar-refractivity contribution is -0.384. The summed E-state index contributed by atoms with van der Waals surface area (Å²) < 4.78 is 19.4. The lowest BCUT2D eigenvalue weighted by atomic mass is 9.88. The molecule has 46 heavy (non-hydrogen) atoms. The number of non-ortho nitro benzene ring substituents is 1. The fourth-order valence-corrected chi connectivity index (χ4v) is 6.91. The summed E-state index contributed by atoms with van der Waals surface area (Å²) in [5.74, 6) is 0.0417. The first-order chi connectivity index (χ1) is 22.2. The number of ether oxygens (including phenoxy) is 1. The zero-order valence-corrected chi connectivity index (χ0v) is 26.2. The van der Waals surface area contributed by atoms with Crippen LogP contribution >= 0.6 is 0 Å². The number of likely N-dealkylation sites (tertiary alicyclic amines) is 1. The zero-order chi connectivity index (χ0) is 32.6. The molecule has 1 aliphatic heterocycles. The third-order valence-electron chi connectivity index (χ3n) is 9.40. The molecule has 10 heteroatoms. The first-order valence-corrected chi connectivity index (χ1v) is 15.8. The van der Waals surface area contributed by atoms with Crippen LogP contribution in [-0.4, -0.2) is 76.9 Å². The Morgan fingerprint density at radius 1 is 1.02 bits per heavy atom. The third kappa shape index (κ3) is 7.98. The second-order valence-corrected chi connectivity index (χ2v) is 12.3. The maximum absolute atomic E-state index is 13.9. The van der Waals surface area contributed by atoms with Crippen molar-refractivity contribution in [3.05, 3.63) is 124 Å². The van der Waals surface area contributed by atoms with E-state index in [0.29, 0.717) is 29.5 Å². The largest absolute Gasteiger partial charge is 0.445 e. The van der Waals surface area contributed by atoms with Crippen molar-refractivity contribution in [2.75, 3.05) is 33.2 Å². The molecule has 1 aliphatic carbocycles. The van der Waals surface area contributed by atoms with E-state index in [2.05, 4.69) is 35.7 Å².